The van der Waals surface area contributed by atoms with Gasteiger partial charge in [-0.15, -0.1) is 0 Å². The van der Waals surface area contributed by atoms with E-state index in [1.165, 1.54) is 12.1 Å². The largest absolute Gasteiger partial charge is 0.376 e. The molecule has 0 radical (unpaired) electrons. The van der Waals surface area contributed by atoms with Gasteiger partial charge in [-0.25, -0.2) is 0 Å². The highest BCUT2D eigenvalue weighted by atomic mass is 16.6. The molecule has 0 atom stereocenters. The summed E-state index contributed by atoms with van der Waals surface area (Å²) in [6.45, 7) is 0.818. The minimum absolute atomic E-state index is 0.00353. The second-order valence-corrected chi connectivity index (χ2v) is 5.93. The summed E-state index contributed by atoms with van der Waals surface area (Å²) >= 11 is 0. The Kier molecular flexibility index (Phi) is 8.20. The number of nitrogens with two attached hydrogens (primary N) is 6. The maximum Gasteiger partial charge on any atom is 0.269 e. The highest BCUT2D eigenvalue weighted by molar-refractivity contribution is 5.32. The van der Waals surface area contributed by atoms with Crippen molar-refractivity contribution in [1.82, 2.24) is 15.4 Å². The fraction of sp³-hybridized carbons (Fsp3) is 0.500. The average molecular weight is 358 g/mol. The molecule has 1 aromatic rings. The van der Waals surface area contributed by atoms with Crippen LogP contribution in [0.1, 0.15) is 5.56 Å². The average Bonchev–Trinajstić information content (AvgIpc) is 2.45. The normalized spacial score (nSPS) is 12.4. The minimum Gasteiger partial charge on any atom is -0.376 e. The van der Waals surface area contributed by atoms with Gasteiger partial charge >= 0.3 is 0 Å². The first-order valence-electron chi connectivity index (χ1n) is 7.25. The Hall–Kier alpha value is -1.78. The third kappa shape index (κ3) is 7.76. The Balaban J connectivity index is 2.76. The van der Waals surface area contributed by atoms with E-state index < -0.39 is 10.3 Å². The number of nitro benzene ring substituents is 1. The van der Waals surface area contributed by atoms with E-state index in [4.69, 9.17) is 39.8 Å². The van der Waals surface area contributed by atoms with Crippen molar-refractivity contribution in [3.05, 3.63) is 39.9 Å². The van der Waals surface area contributed by atoms with Gasteiger partial charge in [0.1, 0.15) is 0 Å². The van der Waals surface area contributed by atoms with Gasteiger partial charge in [-0.2, -0.15) is 15.4 Å². The molecule has 0 fully saturated rings. The number of benzene rings is 1. The van der Waals surface area contributed by atoms with Crippen molar-refractivity contribution >= 4 is 5.69 Å². The molecule has 0 saturated carbocycles. The zero-order valence-electron chi connectivity index (χ0n) is 13.8. The summed E-state index contributed by atoms with van der Waals surface area (Å²) in [6, 6.07) is 6.01. The SMILES string of the molecule is NN(N)CC(COCc1ccc([N+](=O)[O-])cc1)(CN(N)N)CN(N)N. The molecule has 0 aliphatic heterocycles. The first-order valence-corrected chi connectivity index (χ1v) is 7.25. The number of nitrogens with zero attached hydrogens (tertiary/aromatic N) is 4. The predicted molar refractivity (Wildman–Crippen MR) is 90.4 cm³/mol. The summed E-state index contributed by atoms with van der Waals surface area (Å²) in [5.41, 5.74) is -0.00699. The Labute approximate surface area is 145 Å². The second kappa shape index (κ2) is 9.64. The molecule has 0 heterocycles. The summed E-state index contributed by atoms with van der Waals surface area (Å²) < 4.78 is 5.71. The van der Waals surface area contributed by atoms with Crippen LogP contribution >= 0.6 is 0 Å². The van der Waals surface area contributed by atoms with Crippen molar-refractivity contribution in [2.75, 3.05) is 26.2 Å². The molecule has 13 nitrogen and oxygen atoms in total. The fourth-order valence-electron chi connectivity index (χ4n) is 2.55. The van der Waals surface area contributed by atoms with Gasteiger partial charge in [-0.3, -0.25) is 45.2 Å². The predicted octanol–water partition coefficient (Wildman–Crippen LogP) is -2.75. The van der Waals surface area contributed by atoms with Gasteiger partial charge in [0.25, 0.3) is 5.69 Å². The van der Waals surface area contributed by atoms with E-state index >= 15 is 0 Å². The summed E-state index contributed by atoms with van der Waals surface area (Å²) in [5, 5.41) is 13.6. The minimum atomic E-state index is -0.767. The molecule has 0 aromatic heterocycles. The molecule has 0 spiro atoms. The quantitative estimate of drug-likeness (QED) is 0.135. The van der Waals surface area contributed by atoms with E-state index in [1.54, 1.807) is 12.1 Å². The van der Waals surface area contributed by atoms with Crippen LogP contribution in [0.2, 0.25) is 0 Å². The fourth-order valence-corrected chi connectivity index (χ4v) is 2.55. The van der Waals surface area contributed by atoms with E-state index in [0.29, 0.717) is 0 Å². The van der Waals surface area contributed by atoms with Crippen LogP contribution in [0.15, 0.2) is 24.3 Å². The standard InChI is InChI=1S/C12H26N10O3/c13-19(14)6-12(7-20(15)16,8-21(17)18)9-25-5-10-1-3-11(4-2-10)22(23)24/h1-4H,5-9,13-18H2. The number of rotatable bonds is 11. The van der Waals surface area contributed by atoms with Crippen LogP contribution in [-0.4, -0.2) is 46.5 Å². The molecule has 0 unspecified atom stereocenters. The van der Waals surface area contributed by atoms with Crippen LogP contribution in [0.4, 0.5) is 5.69 Å². The molecule has 0 amide bonds. The molecule has 0 aliphatic carbocycles. The maximum atomic E-state index is 10.7. The topological polar surface area (TPSA) is 218 Å². The van der Waals surface area contributed by atoms with Crippen LogP contribution in [0, 0.1) is 15.5 Å². The number of non-ortho nitro benzene ring substituents is 1. The Morgan fingerprint density at radius 1 is 0.920 bits per heavy atom. The highest BCUT2D eigenvalue weighted by Gasteiger charge is 2.34. The molecule has 1 aromatic carbocycles. The van der Waals surface area contributed by atoms with Crippen LogP contribution in [-0.2, 0) is 11.3 Å². The van der Waals surface area contributed by atoms with E-state index in [-0.39, 0.29) is 38.5 Å². The molecule has 25 heavy (non-hydrogen) atoms. The van der Waals surface area contributed by atoms with Gasteiger partial charge in [0, 0.05) is 37.2 Å². The monoisotopic (exact) mass is 358 g/mol. The zero-order chi connectivity index (χ0) is 19.0. The lowest BCUT2D eigenvalue weighted by Crippen LogP contribution is -2.61. The molecular formula is C12H26N10O3. The van der Waals surface area contributed by atoms with Crippen molar-refractivity contribution in [3.8, 4) is 0 Å². The van der Waals surface area contributed by atoms with Crippen molar-refractivity contribution in [2.24, 2.45) is 40.5 Å². The van der Waals surface area contributed by atoms with Crippen molar-refractivity contribution in [3.63, 3.8) is 0 Å². The van der Waals surface area contributed by atoms with Crippen molar-refractivity contribution < 1.29 is 9.66 Å². The van der Waals surface area contributed by atoms with Gasteiger partial charge in [0.2, 0.25) is 0 Å². The maximum absolute atomic E-state index is 10.7. The summed E-state index contributed by atoms with van der Waals surface area (Å²) in [5.74, 6) is 33.3. The van der Waals surface area contributed by atoms with Crippen molar-refractivity contribution in [2.45, 2.75) is 6.61 Å². The lowest BCUT2D eigenvalue weighted by Gasteiger charge is -2.38. The lowest BCUT2D eigenvalue weighted by molar-refractivity contribution is -0.384. The van der Waals surface area contributed by atoms with E-state index in [9.17, 15) is 10.1 Å². The Morgan fingerprint density at radius 2 is 1.36 bits per heavy atom. The van der Waals surface area contributed by atoms with Gasteiger partial charge in [-0.1, -0.05) is 0 Å². The Morgan fingerprint density at radius 3 is 1.72 bits per heavy atom. The third-order valence-corrected chi connectivity index (χ3v) is 3.38. The van der Waals surface area contributed by atoms with Gasteiger partial charge < -0.3 is 4.74 Å². The van der Waals surface area contributed by atoms with Gasteiger partial charge in [0.15, 0.2) is 0 Å². The summed E-state index contributed by atoms with van der Waals surface area (Å²) in [4.78, 5) is 10.2. The first-order chi connectivity index (χ1) is 11.6. The molecule has 1 rings (SSSR count). The van der Waals surface area contributed by atoms with Crippen molar-refractivity contribution in [1.29, 1.82) is 0 Å². The number of hydrogen-bond donors (Lipinski definition) is 6. The van der Waals surface area contributed by atoms with E-state index in [2.05, 4.69) is 0 Å². The summed E-state index contributed by atoms with van der Waals surface area (Å²) in [6.07, 6.45) is 0. The van der Waals surface area contributed by atoms with Gasteiger partial charge in [-0.05, 0) is 17.7 Å². The van der Waals surface area contributed by atoms with E-state index in [1.807, 2.05) is 0 Å². The molecule has 0 saturated heterocycles. The smallest absolute Gasteiger partial charge is 0.269 e. The Bertz CT molecular complexity index is 510. The summed E-state index contributed by atoms with van der Waals surface area (Å²) in [7, 11) is 0. The first kappa shape index (κ1) is 21.3. The lowest BCUT2D eigenvalue weighted by atomic mass is 9.88. The number of hydrazine groups is 6. The number of nitro groups is 1. The third-order valence-electron chi connectivity index (χ3n) is 3.38. The number of ether oxygens (including phenoxy) is 1. The molecule has 0 aliphatic rings. The molecule has 142 valence electrons. The molecule has 13 heteroatoms. The number of hydrogen-bond acceptors (Lipinski definition) is 12. The highest BCUT2D eigenvalue weighted by Crippen LogP contribution is 2.20. The van der Waals surface area contributed by atoms with Gasteiger partial charge in [0.05, 0.1) is 18.1 Å². The molecule has 0 bridgehead atoms. The van der Waals surface area contributed by atoms with Crippen LogP contribution in [0.25, 0.3) is 0 Å². The van der Waals surface area contributed by atoms with Crippen LogP contribution < -0.4 is 35.1 Å². The van der Waals surface area contributed by atoms with Crippen LogP contribution in [0.3, 0.4) is 0 Å². The van der Waals surface area contributed by atoms with Crippen LogP contribution in [0.5, 0.6) is 0 Å². The second-order valence-electron chi connectivity index (χ2n) is 5.93. The molecule has 12 N–H and O–H groups in total. The zero-order valence-corrected chi connectivity index (χ0v) is 13.8. The van der Waals surface area contributed by atoms with E-state index in [0.717, 1.165) is 20.9 Å². The molecular weight excluding hydrogens is 332 g/mol.